The molecule has 1 aromatic carbocycles. The molecule has 1 N–H and O–H groups in total. The summed E-state index contributed by atoms with van der Waals surface area (Å²) in [5.74, 6) is 1.42. The van der Waals surface area contributed by atoms with Crippen molar-refractivity contribution in [3.63, 3.8) is 0 Å². The van der Waals surface area contributed by atoms with Crippen LogP contribution in [0.25, 0.3) is 0 Å². The molecule has 0 aliphatic heterocycles. The van der Waals surface area contributed by atoms with Crippen molar-refractivity contribution in [3.8, 4) is 0 Å². The van der Waals surface area contributed by atoms with Gasteiger partial charge in [-0.05, 0) is 47.0 Å². The number of benzene rings is 1. The maximum atomic E-state index is 6.10. The van der Waals surface area contributed by atoms with Crippen LogP contribution in [0.4, 0.5) is 11.6 Å². The lowest BCUT2D eigenvalue weighted by Gasteiger charge is -2.12. The van der Waals surface area contributed by atoms with Crippen LogP contribution in [-0.4, -0.2) is 9.55 Å². The molecule has 2 aromatic rings. The largest absolute Gasteiger partial charge is 0.326 e. The second-order valence-electron chi connectivity index (χ2n) is 5.01. The molecular weight excluding hydrogens is 326 g/mol. The highest BCUT2D eigenvalue weighted by Gasteiger charge is 2.08. The fraction of sp³-hybridized carbons (Fsp3) is 0.357. The van der Waals surface area contributed by atoms with E-state index in [0.717, 1.165) is 28.3 Å². The van der Waals surface area contributed by atoms with E-state index in [1.165, 1.54) is 0 Å². The third-order valence-corrected chi connectivity index (χ3v) is 3.87. The Hall–Kier alpha value is -1.00. The Morgan fingerprint density at radius 1 is 1.42 bits per heavy atom. The zero-order chi connectivity index (χ0) is 14.0. The van der Waals surface area contributed by atoms with Gasteiger partial charge in [0.05, 0.1) is 10.7 Å². The molecule has 0 amide bonds. The Balaban J connectivity index is 2.24. The van der Waals surface area contributed by atoms with Crippen molar-refractivity contribution in [2.45, 2.75) is 27.3 Å². The van der Waals surface area contributed by atoms with Crippen LogP contribution >= 0.6 is 27.5 Å². The first-order valence-corrected chi connectivity index (χ1v) is 7.38. The quantitative estimate of drug-likeness (QED) is 0.846. The van der Waals surface area contributed by atoms with Gasteiger partial charge in [-0.1, -0.05) is 25.4 Å². The van der Waals surface area contributed by atoms with E-state index < -0.39 is 0 Å². The second-order valence-corrected chi connectivity index (χ2v) is 6.27. The van der Waals surface area contributed by atoms with Gasteiger partial charge in [0.2, 0.25) is 5.95 Å². The van der Waals surface area contributed by atoms with Gasteiger partial charge in [0, 0.05) is 22.9 Å². The third-order valence-electron chi connectivity index (χ3n) is 2.63. The molecule has 3 nitrogen and oxygen atoms in total. The Morgan fingerprint density at radius 3 is 2.79 bits per heavy atom. The summed E-state index contributed by atoms with van der Waals surface area (Å²) in [6.45, 7) is 7.31. The molecule has 0 spiro atoms. The van der Waals surface area contributed by atoms with Gasteiger partial charge < -0.3 is 9.88 Å². The van der Waals surface area contributed by atoms with Crippen LogP contribution in [0.2, 0.25) is 5.02 Å². The molecule has 0 atom stereocenters. The number of nitrogens with one attached hydrogen (secondary N) is 1. The monoisotopic (exact) mass is 341 g/mol. The maximum absolute atomic E-state index is 6.10. The van der Waals surface area contributed by atoms with Gasteiger partial charge in [-0.25, -0.2) is 4.98 Å². The van der Waals surface area contributed by atoms with Gasteiger partial charge in [-0.3, -0.25) is 0 Å². The zero-order valence-electron chi connectivity index (χ0n) is 11.2. The summed E-state index contributed by atoms with van der Waals surface area (Å²) in [7, 11) is 0. The van der Waals surface area contributed by atoms with Gasteiger partial charge in [0.1, 0.15) is 0 Å². The lowest BCUT2D eigenvalue weighted by Crippen LogP contribution is -2.07. The highest BCUT2D eigenvalue weighted by atomic mass is 79.9. The van der Waals surface area contributed by atoms with Gasteiger partial charge in [0.15, 0.2) is 0 Å². The highest BCUT2D eigenvalue weighted by Crippen LogP contribution is 2.27. The number of anilines is 2. The molecule has 0 bridgehead atoms. The Morgan fingerprint density at radius 2 is 2.16 bits per heavy atom. The highest BCUT2D eigenvalue weighted by molar-refractivity contribution is 9.10. The van der Waals surface area contributed by atoms with Gasteiger partial charge in [0.25, 0.3) is 0 Å². The number of aryl methyl sites for hydroxylation is 1. The third kappa shape index (κ3) is 3.74. The van der Waals surface area contributed by atoms with Crippen LogP contribution in [0.1, 0.15) is 19.5 Å². The van der Waals surface area contributed by atoms with Crippen molar-refractivity contribution in [2.24, 2.45) is 5.92 Å². The second kappa shape index (κ2) is 5.97. The van der Waals surface area contributed by atoms with E-state index in [0.29, 0.717) is 10.9 Å². The van der Waals surface area contributed by atoms with E-state index in [4.69, 9.17) is 11.6 Å². The van der Waals surface area contributed by atoms with Gasteiger partial charge in [-0.2, -0.15) is 0 Å². The topological polar surface area (TPSA) is 29.9 Å². The minimum absolute atomic E-state index is 0.572. The summed E-state index contributed by atoms with van der Waals surface area (Å²) in [5.41, 5.74) is 1.94. The first kappa shape index (κ1) is 14.4. The molecule has 0 saturated carbocycles. The molecule has 1 heterocycles. The van der Waals surface area contributed by atoms with E-state index in [-0.39, 0.29) is 0 Å². The minimum Gasteiger partial charge on any atom is -0.326 e. The first-order valence-electron chi connectivity index (χ1n) is 6.21. The first-order chi connectivity index (χ1) is 8.95. The molecule has 1 aromatic heterocycles. The number of hydrogen-bond donors (Lipinski definition) is 1. The molecule has 19 heavy (non-hydrogen) atoms. The van der Waals surface area contributed by atoms with Gasteiger partial charge >= 0.3 is 0 Å². The van der Waals surface area contributed by atoms with E-state index in [1.54, 1.807) is 0 Å². The normalized spacial score (nSPS) is 11.1. The Kier molecular flexibility index (Phi) is 4.53. The van der Waals surface area contributed by atoms with Crippen molar-refractivity contribution in [1.82, 2.24) is 9.55 Å². The molecule has 0 radical (unpaired) electrons. The molecule has 0 saturated heterocycles. The molecule has 0 fully saturated rings. The van der Waals surface area contributed by atoms with Gasteiger partial charge in [-0.15, -0.1) is 0 Å². The predicted octanol–water partition coefficient (Wildman–Crippen LogP) is 5.01. The standard InChI is InChI=1S/C14H17BrClN3/c1-9(2)7-19-8-10(3)17-14(19)18-11-4-5-12(15)13(16)6-11/h4-6,8-9H,7H2,1-3H3,(H,17,18). The summed E-state index contributed by atoms with van der Waals surface area (Å²) >= 11 is 9.48. The van der Waals surface area contributed by atoms with Crippen molar-refractivity contribution in [2.75, 3.05) is 5.32 Å². The van der Waals surface area contributed by atoms with Crippen molar-refractivity contribution < 1.29 is 0 Å². The summed E-state index contributed by atoms with van der Waals surface area (Å²) in [6.07, 6.45) is 2.06. The van der Waals surface area contributed by atoms with Crippen LogP contribution in [0.15, 0.2) is 28.9 Å². The molecule has 2 rings (SSSR count). The maximum Gasteiger partial charge on any atom is 0.207 e. The van der Waals surface area contributed by atoms with Crippen molar-refractivity contribution in [3.05, 3.63) is 39.6 Å². The lowest BCUT2D eigenvalue weighted by atomic mass is 10.2. The Labute approximate surface area is 127 Å². The van der Waals surface area contributed by atoms with Crippen LogP contribution in [-0.2, 0) is 6.54 Å². The average Bonchev–Trinajstić information content (AvgIpc) is 2.63. The summed E-state index contributed by atoms with van der Waals surface area (Å²) in [5, 5.41) is 4.00. The predicted molar refractivity (Wildman–Crippen MR) is 84.2 cm³/mol. The van der Waals surface area contributed by atoms with E-state index in [1.807, 2.05) is 25.1 Å². The molecule has 0 aliphatic rings. The molecule has 102 valence electrons. The van der Waals surface area contributed by atoms with Crippen molar-refractivity contribution in [1.29, 1.82) is 0 Å². The smallest absolute Gasteiger partial charge is 0.207 e. The number of rotatable bonds is 4. The summed E-state index contributed by atoms with van der Waals surface area (Å²) in [4.78, 5) is 4.51. The molecule has 0 aliphatic carbocycles. The van der Waals surface area contributed by atoms with Crippen LogP contribution in [0, 0.1) is 12.8 Å². The Bertz CT molecular complexity index is 578. The van der Waals surface area contributed by atoms with Crippen LogP contribution in [0.5, 0.6) is 0 Å². The van der Waals surface area contributed by atoms with E-state index in [9.17, 15) is 0 Å². The number of hydrogen-bond acceptors (Lipinski definition) is 2. The van der Waals surface area contributed by atoms with Crippen LogP contribution < -0.4 is 5.32 Å². The van der Waals surface area contributed by atoms with E-state index >= 15 is 0 Å². The zero-order valence-corrected chi connectivity index (χ0v) is 13.6. The fourth-order valence-electron chi connectivity index (χ4n) is 1.88. The summed E-state index contributed by atoms with van der Waals surface area (Å²) in [6, 6.07) is 5.78. The molecule has 5 heteroatoms. The minimum atomic E-state index is 0.572. The number of aromatic nitrogens is 2. The lowest BCUT2D eigenvalue weighted by molar-refractivity contribution is 0.527. The SMILES string of the molecule is Cc1cn(CC(C)C)c(Nc2ccc(Br)c(Cl)c2)n1. The number of imidazole rings is 1. The molecule has 0 unspecified atom stereocenters. The number of nitrogens with zero attached hydrogens (tertiary/aromatic N) is 2. The molecular formula is C14H17BrClN3. The number of halogens is 2. The average molecular weight is 343 g/mol. The van der Waals surface area contributed by atoms with Crippen molar-refractivity contribution >= 4 is 39.2 Å². The van der Waals surface area contributed by atoms with E-state index in [2.05, 4.69) is 50.8 Å². The van der Waals surface area contributed by atoms with Crippen LogP contribution in [0.3, 0.4) is 0 Å². The fourth-order valence-corrected chi connectivity index (χ4v) is 2.31. The summed E-state index contributed by atoms with van der Waals surface area (Å²) < 4.78 is 3.03.